The van der Waals surface area contributed by atoms with Crippen LogP contribution in [0.4, 0.5) is 5.82 Å². The first kappa shape index (κ1) is 15.2. The van der Waals surface area contributed by atoms with Crippen LogP contribution < -0.4 is 11.2 Å². The summed E-state index contributed by atoms with van der Waals surface area (Å²) in [6, 6.07) is 3.40. The number of aromatic nitrogens is 1. The molecular weight excluding hydrogens is 324 g/mol. The molecule has 0 radical (unpaired) electrons. The number of anilines is 1. The number of nitrogens with zero attached hydrogens (tertiary/aromatic N) is 2. The van der Waals surface area contributed by atoms with Gasteiger partial charge >= 0.3 is 0 Å². The Hall–Kier alpha value is -1.68. The lowest BCUT2D eigenvalue weighted by molar-refractivity contribution is -0.131. The van der Waals surface area contributed by atoms with Crippen molar-refractivity contribution in [2.45, 2.75) is 19.0 Å². The van der Waals surface area contributed by atoms with Gasteiger partial charge in [-0.25, -0.2) is 10.5 Å². The lowest BCUT2D eigenvalue weighted by atomic mass is 10.3. The molecule has 22 heavy (non-hydrogen) atoms. The fourth-order valence-corrected chi connectivity index (χ4v) is 3.73. The highest BCUT2D eigenvalue weighted by Gasteiger charge is 2.31. The van der Waals surface area contributed by atoms with Crippen molar-refractivity contribution >= 4 is 49.7 Å². The van der Waals surface area contributed by atoms with E-state index in [1.807, 2.05) is 12.1 Å². The molecule has 3 N–H and O–H groups in total. The third-order valence-electron chi connectivity index (χ3n) is 3.45. The fraction of sp³-hybridized carbons (Fsp3) is 0.308. The van der Waals surface area contributed by atoms with E-state index in [-0.39, 0.29) is 5.91 Å². The highest BCUT2D eigenvalue weighted by atomic mass is 32.2. The highest BCUT2D eigenvalue weighted by Crippen LogP contribution is 2.30. The summed E-state index contributed by atoms with van der Waals surface area (Å²) in [7, 11) is -1.69. The number of rotatable bonds is 5. The SMILES string of the molecule is C=[S-](=O)ONC1CCN(Cc2cc3c(N)nccc3s2)C1=O. The lowest BCUT2D eigenvalue weighted by Crippen LogP contribution is -2.37. The molecule has 1 saturated heterocycles. The van der Waals surface area contributed by atoms with Gasteiger partial charge in [0, 0.05) is 27.7 Å². The minimum absolute atomic E-state index is 0.0750. The van der Waals surface area contributed by atoms with E-state index in [1.54, 1.807) is 22.4 Å². The zero-order valence-corrected chi connectivity index (χ0v) is 13.3. The van der Waals surface area contributed by atoms with Crippen molar-refractivity contribution in [1.82, 2.24) is 15.4 Å². The van der Waals surface area contributed by atoms with Crippen molar-refractivity contribution in [3.8, 4) is 0 Å². The number of fused-ring (bicyclic) bond motifs is 1. The molecule has 0 bridgehead atoms. The molecule has 7 nitrogen and oxygen atoms in total. The molecule has 9 heteroatoms. The molecule has 2 aromatic rings. The van der Waals surface area contributed by atoms with E-state index in [1.165, 1.54) is 0 Å². The van der Waals surface area contributed by atoms with Crippen molar-refractivity contribution in [2.75, 3.05) is 12.3 Å². The van der Waals surface area contributed by atoms with E-state index in [0.29, 0.717) is 25.3 Å². The number of likely N-dealkylation sites (tertiary alicyclic amines) is 1. The Morgan fingerprint density at radius 1 is 1.64 bits per heavy atom. The van der Waals surface area contributed by atoms with Crippen LogP contribution in [0.2, 0.25) is 0 Å². The van der Waals surface area contributed by atoms with E-state index in [4.69, 9.17) is 10.0 Å². The number of hydroxylamine groups is 1. The second-order valence-electron chi connectivity index (χ2n) is 4.93. The first-order chi connectivity index (χ1) is 10.5. The number of carbonyl (C=O) groups excluding carboxylic acids is 1. The topological polar surface area (TPSA) is 97.6 Å². The Bertz CT molecular complexity index is 779. The van der Waals surface area contributed by atoms with Gasteiger partial charge in [0.15, 0.2) is 0 Å². The molecule has 1 amide bonds. The Morgan fingerprint density at radius 3 is 3.18 bits per heavy atom. The van der Waals surface area contributed by atoms with E-state index in [2.05, 4.69) is 16.3 Å². The quantitative estimate of drug-likeness (QED) is 0.475. The smallest absolute Gasteiger partial charge is 0.242 e. The number of hydrogen-bond acceptors (Lipinski definition) is 8. The number of thiophene rings is 1. The third-order valence-corrected chi connectivity index (χ3v) is 4.82. The summed E-state index contributed by atoms with van der Waals surface area (Å²) in [4.78, 5) is 19.1. The van der Waals surface area contributed by atoms with Crippen LogP contribution in [0.25, 0.3) is 10.1 Å². The molecule has 0 aliphatic carbocycles. The van der Waals surface area contributed by atoms with Gasteiger partial charge in [0.2, 0.25) is 5.91 Å². The van der Waals surface area contributed by atoms with Gasteiger partial charge in [-0.1, -0.05) is 0 Å². The molecular formula is C13H15N4O3S2-. The maximum absolute atomic E-state index is 12.2. The summed E-state index contributed by atoms with van der Waals surface area (Å²) in [5.74, 6) is 3.61. The van der Waals surface area contributed by atoms with E-state index in [9.17, 15) is 9.00 Å². The molecule has 1 fully saturated rings. The van der Waals surface area contributed by atoms with Gasteiger partial charge in [-0.05, 0) is 18.6 Å². The summed E-state index contributed by atoms with van der Waals surface area (Å²) in [5, 5.41) is 0.916. The van der Waals surface area contributed by atoms with Crippen LogP contribution in [0.1, 0.15) is 11.3 Å². The molecule has 118 valence electrons. The Balaban J connectivity index is 1.70. The number of pyridine rings is 1. The normalized spacial score (nSPS) is 18.7. The number of nitrogens with two attached hydrogens (primary N) is 1. The van der Waals surface area contributed by atoms with Crippen LogP contribution in [0, 0.1) is 0 Å². The number of amides is 1. The summed E-state index contributed by atoms with van der Waals surface area (Å²) in [5.41, 5.74) is 8.35. The van der Waals surface area contributed by atoms with Crippen molar-refractivity contribution < 1.29 is 13.3 Å². The fourth-order valence-electron chi connectivity index (χ4n) is 2.42. The lowest BCUT2D eigenvalue weighted by Gasteiger charge is -2.17. The predicted octanol–water partition coefficient (Wildman–Crippen LogP) is 0.811. The van der Waals surface area contributed by atoms with Gasteiger partial charge in [0.1, 0.15) is 11.9 Å². The van der Waals surface area contributed by atoms with Crippen LogP contribution in [-0.2, 0) is 30.5 Å². The average Bonchev–Trinajstić information content (AvgIpc) is 3.03. The Morgan fingerprint density at radius 2 is 2.45 bits per heavy atom. The number of carbonyl (C=O) groups is 1. The molecule has 2 aromatic heterocycles. The van der Waals surface area contributed by atoms with Crippen LogP contribution in [0.15, 0.2) is 18.3 Å². The molecule has 1 unspecified atom stereocenters. The minimum atomic E-state index is -1.69. The maximum Gasteiger partial charge on any atom is 0.242 e. The zero-order valence-electron chi connectivity index (χ0n) is 11.7. The highest BCUT2D eigenvalue weighted by molar-refractivity contribution is 7.77. The molecule has 0 saturated carbocycles. The van der Waals surface area contributed by atoms with Gasteiger partial charge in [-0.3, -0.25) is 4.79 Å². The minimum Gasteiger partial charge on any atom is -0.435 e. The largest absolute Gasteiger partial charge is 0.435 e. The van der Waals surface area contributed by atoms with Gasteiger partial charge in [0.25, 0.3) is 0 Å². The van der Waals surface area contributed by atoms with E-state index >= 15 is 0 Å². The van der Waals surface area contributed by atoms with E-state index < -0.39 is 16.7 Å². The van der Waals surface area contributed by atoms with Crippen LogP contribution >= 0.6 is 11.3 Å². The van der Waals surface area contributed by atoms with E-state index in [0.717, 1.165) is 15.0 Å². The van der Waals surface area contributed by atoms with Crippen molar-refractivity contribution in [3.05, 3.63) is 23.2 Å². The Labute approximate surface area is 133 Å². The van der Waals surface area contributed by atoms with Gasteiger partial charge < -0.3 is 19.1 Å². The standard InChI is InChI=1S/C13H15N4O3S2/c1-22(19)20-16-10-3-5-17(13(10)18)7-8-6-9-11(21-8)2-4-15-12(9)14/h2,4,6,10,16H,1,3,5,7H2,(H2,14,15)/q-1. The third kappa shape index (κ3) is 3.07. The molecule has 3 rings (SSSR count). The van der Waals surface area contributed by atoms with Gasteiger partial charge in [0.05, 0.1) is 6.54 Å². The first-order valence-electron chi connectivity index (χ1n) is 6.60. The van der Waals surface area contributed by atoms with Gasteiger partial charge in [-0.2, -0.15) is 5.87 Å². The summed E-state index contributed by atoms with van der Waals surface area (Å²) in [6.45, 7) is 1.13. The zero-order chi connectivity index (χ0) is 15.7. The summed E-state index contributed by atoms with van der Waals surface area (Å²) in [6.07, 6.45) is 2.28. The first-order valence-corrected chi connectivity index (χ1v) is 8.66. The second kappa shape index (κ2) is 6.21. The molecule has 3 heterocycles. The summed E-state index contributed by atoms with van der Waals surface area (Å²) < 4.78 is 16.5. The maximum atomic E-state index is 12.2. The summed E-state index contributed by atoms with van der Waals surface area (Å²) >= 11 is 1.60. The van der Waals surface area contributed by atoms with Crippen LogP contribution in [-0.4, -0.2) is 34.2 Å². The monoisotopic (exact) mass is 339 g/mol. The number of nitrogens with one attached hydrogen (secondary N) is 1. The molecule has 1 aliphatic heterocycles. The van der Waals surface area contributed by atoms with Crippen molar-refractivity contribution in [3.63, 3.8) is 0 Å². The molecule has 0 aromatic carbocycles. The predicted molar refractivity (Wildman–Crippen MR) is 87.2 cm³/mol. The van der Waals surface area contributed by atoms with Crippen molar-refractivity contribution in [1.29, 1.82) is 0 Å². The number of hydrogen-bond donors (Lipinski definition) is 2. The van der Waals surface area contributed by atoms with Gasteiger partial charge in [-0.15, -0.1) is 22.0 Å². The van der Waals surface area contributed by atoms with Crippen molar-refractivity contribution in [2.24, 2.45) is 0 Å². The molecule has 1 aliphatic rings. The molecule has 0 spiro atoms. The number of nitrogen functional groups attached to an aromatic ring is 1. The average molecular weight is 339 g/mol. The van der Waals surface area contributed by atoms with Crippen LogP contribution in [0.5, 0.6) is 0 Å². The van der Waals surface area contributed by atoms with Crippen LogP contribution in [0.3, 0.4) is 0 Å². The Kier molecular flexibility index (Phi) is 4.30. The second-order valence-corrected chi connectivity index (χ2v) is 6.87. The molecule has 1 atom stereocenters.